The van der Waals surface area contributed by atoms with Gasteiger partial charge in [-0.1, -0.05) is 36.4 Å². The van der Waals surface area contributed by atoms with Crippen LogP contribution in [0.1, 0.15) is 34.6 Å². The zero-order chi connectivity index (χ0) is 23.1. The molecule has 2 aromatic rings. The summed E-state index contributed by atoms with van der Waals surface area (Å²) < 4.78 is 26.8. The Labute approximate surface area is 184 Å². The van der Waals surface area contributed by atoms with E-state index in [0.29, 0.717) is 5.56 Å². The SMILES string of the molecule is CC(=O)OC1C(OC(=O)c2ccccc2)[C@H](COC(=O)c2ccccc2)O[C@H]1OC(C)=O. The molecule has 0 aromatic heterocycles. The lowest BCUT2D eigenvalue weighted by Crippen LogP contribution is -2.42. The first-order valence-corrected chi connectivity index (χ1v) is 9.83. The van der Waals surface area contributed by atoms with Crippen LogP contribution >= 0.6 is 0 Å². The van der Waals surface area contributed by atoms with Crippen LogP contribution in [0, 0.1) is 0 Å². The molecule has 0 N–H and O–H groups in total. The molecule has 0 spiro atoms. The van der Waals surface area contributed by atoms with Crippen LogP contribution in [-0.4, -0.2) is 55.1 Å². The normalized spacial score (nSPS) is 21.9. The average Bonchev–Trinajstić information content (AvgIpc) is 3.08. The summed E-state index contributed by atoms with van der Waals surface area (Å²) >= 11 is 0. The van der Waals surface area contributed by atoms with Crippen molar-refractivity contribution in [2.75, 3.05) is 6.61 Å². The van der Waals surface area contributed by atoms with Gasteiger partial charge in [0, 0.05) is 13.8 Å². The lowest BCUT2D eigenvalue weighted by molar-refractivity contribution is -0.196. The highest BCUT2D eigenvalue weighted by Gasteiger charge is 2.51. The maximum absolute atomic E-state index is 12.6. The number of rotatable bonds is 7. The van der Waals surface area contributed by atoms with Crippen molar-refractivity contribution in [3.63, 3.8) is 0 Å². The fourth-order valence-electron chi connectivity index (χ4n) is 3.12. The Bertz CT molecular complexity index is 958. The second-order valence-electron chi connectivity index (χ2n) is 6.93. The lowest BCUT2D eigenvalue weighted by Gasteiger charge is -2.23. The summed E-state index contributed by atoms with van der Waals surface area (Å²) in [6, 6.07) is 16.4. The van der Waals surface area contributed by atoms with E-state index >= 15 is 0 Å². The highest BCUT2D eigenvalue weighted by molar-refractivity contribution is 5.90. The summed E-state index contributed by atoms with van der Waals surface area (Å²) in [6.45, 7) is 1.97. The number of hydrogen-bond donors (Lipinski definition) is 0. The van der Waals surface area contributed by atoms with Gasteiger partial charge in [-0.2, -0.15) is 0 Å². The van der Waals surface area contributed by atoms with Gasteiger partial charge in [-0.3, -0.25) is 9.59 Å². The van der Waals surface area contributed by atoms with E-state index in [2.05, 4.69) is 0 Å². The van der Waals surface area contributed by atoms with Crippen molar-refractivity contribution in [3.05, 3.63) is 71.8 Å². The van der Waals surface area contributed by atoms with Crippen LogP contribution in [-0.2, 0) is 33.3 Å². The van der Waals surface area contributed by atoms with Gasteiger partial charge < -0.3 is 23.7 Å². The fraction of sp³-hybridized carbons (Fsp3) is 0.304. The summed E-state index contributed by atoms with van der Waals surface area (Å²) in [5.74, 6) is -2.72. The van der Waals surface area contributed by atoms with E-state index in [1.807, 2.05) is 0 Å². The third-order valence-electron chi connectivity index (χ3n) is 4.49. The second kappa shape index (κ2) is 10.5. The Morgan fingerprint density at radius 3 is 1.78 bits per heavy atom. The topological polar surface area (TPSA) is 114 Å². The van der Waals surface area contributed by atoms with E-state index in [1.54, 1.807) is 60.7 Å². The van der Waals surface area contributed by atoms with Gasteiger partial charge in [0.05, 0.1) is 11.1 Å². The fourth-order valence-corrected chi connectivity index (χ4v) is 3.12. The zero-order valence-electron chi connectivity index (χ0n) is 17.5. The van der Waals surface area contributed by atoms with Crippen molar-refractivity contribution < 1.29 is 42.9 Å². The molecular formula is C23H22O9. The average molecular weight is 442 g/mol. The van der Waals surface area contributed by atoms with Gasteiger partial charge in [-0.15, -0.1) is 0 Å². The van der Waals surface area contributed by atoms with Gasteiger partial charge in [0.25, 0.3) is 0 Å². The number of esters is 4. The highest BCUT2D eigenvalue weighted by Crippen LogP contribution is 2.29. The Balaban J connectivity index is 1.80. The van der Waals surface area contributed by atoms with E-state index in [-0.39, 0.29) is 12.2 Å². The van der Waals surface area contributed by atoms with Crippen LogP contribution in [0.2, 0.25) is 0 Å². The molecule has 1 aliphatic rings. The summed E-state index contributed by atoms with van der Waals surface area (Å²) in [5.41, 5.74) is 0.571. The Kier molecular flexibility index (Phi) is 7.56. The van der Waals surface area contributed by atoms with Crippen LogP contribution in [0.15, 0.2) is 60.7 Å². The van der Waals surface area contributed by atoms with Crippen LogP contribution in [0.25, 0.3) is 0 Å². The van der Waals surface area contributed by atoms with Gasteiger partial charge >= 0.3 is 23.9 Å². The van der Waals surface area contributed by atoms with Crippen LogP contribution in [0.4, 0.5) is 0 Å². The van der Waals surface area contributed by atoms with Crippen LogP contribution in [0.5, 0.6) is 0 Å². The highest BCUT2D eigenvalue weighted by atomic mass is 16.8. The molecule has 168 valence electrons. The Morgan fingerprint density at radius 1 is 0.719 bits per heavy atom. The zero-order valence-corrected chi connectivity index (χ0v) is 17.5. The summed E-state index contributed by atoms with van der Waals surface area (Å²) in [7, 11) is 0. The molecule has 0 aliphatic carbocycles. The van der Waals surface area contributed by atoms with Gasteiger partial charge in [0.15, 0.2) is 6.10 Å². The molecule has 3 rings (SSSR count). The molecule has 1 aliphatic heterocycles. The third-order valence-corrected chi connectivity index (χ3v) is 4.49. The number of carbonyl (C=O) groups excluding carboxylic acids is 4. The minimum Gasteiger partial charge on any atom is -0.459 e. The summed E-state index contributed by atoms with van der Waals surface area (Å²) in [5, 5.41) is 0. The second-order valence-corrected chi connectivity index (χ2v) is 6.93. The molecular weight excluding hydrogens is 420 g/mol. The quantitative estimate of drug-likeness (QED) is 0.470. The van der Waals surface area contributed by atoms with E-state index in [1.165, 1.54) is 0 Å². The smallest absolute Gasteiger partial charge is 0.338 e. The van der Waals surface area contributed by atoms with Gasteiger partial charge in [0.2, 0.25) is 12.4 Å². The molecule has 9 nitrogen and oxygen atoms in total. The molecule has 32 heavy (non-hydrogen) atoms. The predicted molar refractivity (Wildman–Crippen MR) is 108 cm³/mol. The largest absolute Gasteiger partial charge is 0.459 e. The Morgan fingerprint density at radius 2 is 1.25 bits per heavy atom. The van der Waals surface area contributed by atoms with Gasteiger partial charge in [-0.05, 0) is 24.3 Å². The van der Waals surface area contributed by atoms with Crippen molar-refractivity contribution in [1.82, 2.24) is 0 Å². The van der Waals surface area contributed by atoms with Gasteiger partial charge in [-0.25, -0.2) is 9.59 Å². The monoisotopic (exact) mass is 442 g/mol. The standard InChI is InChI=1S/C23H22O9/c1-14(24)29-20-19(32-22(27)17-11-7-4-8-12-17)18(31-23(20)30-15(2)25)13-28-21(26)16-9-5-3-6-10-16/h3-12,18-20,23H,13H2,1-2H3/t18-,19?,20?,23+/m0/s1. The molecule has 0 amide bonds. The van der Waals surface area contributed by atoms with Gasteiger partial charge in [0.1, 0.15) is 12.7 Å². The first-order chi connectivity index (χ1) is 15.3. The summed E-state index contributed by atoms with van der Waals surface area (Å²) in [4.78, 5) is 48.1. The number of ether oxygens (including phenoxy) is 5. The van der Waals surface area contributed by atoms with Crippen molar-refractivity contribution in [3.8, 4) is 0 Å². The van der Waals surface area contributed by atoms with E-state index in [0.717, 1.165) is 13.8 Å². The lowest BCUT2D eigenvalue weighted by atomic mass is 10.1. The third kappa shape index (κ3) is 5.92. The molecule has 0 radical (unpaired) electrons. The number of benzene rings is 2. The molecule has 1 fully saturated rings. The maximum Gasteiger partial charge on any atom is 0.338 e. The molecule has 9 heteroatoms. The van der Waals surface area contributed by atoms with E-state index in [9.17, 15) is 19.2 Å². The summed E-state index contributed by atoms with van der Waals surface area (Å²) in [6.07, 6.45) is -4.83. The molecule has 0 saturated carbocycles. The maximum atomic E-state index is 12.6. The van der Waals surface area contributed by atoms with Crippen molar-refractivity contribution >= 4 is 23.9 Å². The van der Waals surface area contributed by atoms with Crippen molar-refractivity contribution in [1.29, 1.82) is 0 Å². The van der Waals surface area contributed by atoms with Crippen molar-refractivity contribution in [2.24, 2.45) is 0 Å². The molecule has 4 atom stereocenters. The van der Waals surface area contributed by atoms with E-state index < -0.39 is 48.5 Å². The molecule has 1 heterocycles. The Hall–Kier alpha value is -3.72. The number of hydrogen-bond acceptors (Lipinski definition) is 9. The van der Waals surface area contributed by atoms with Crippen LogP contribution in [0.3, 0.4) is 0 Å². The minimum atomic E-state index is -1.34. The first-order valence-electron chi connectivity index (χ1n) is 9.83. The first kappa shape index (κ1) is 23.0. The predicted octanol–water partition coefficient (Wildman–Crippen LogP) is 2.29. The van der Waals surface area contributed by atoms with Crippen molar-refractivity contribution in [2.45, 2.75) is 38.4 Å². The molecule has 1 saturated heterocycles. The molecule has 2 unspecified atom stereocenters. The van der Waals surface area contributed by atoms with Crippen LogP contribution < -0.4 is 0 Å². The minimum absolute atomic E-state index is 0.255. The molecule has 0 bridgehead atoms. The number of carbonyl (C=O) groups is 4. The van der Waals surface area contributed by atoms with E-state index in [4.69, 9.17) is 23.7 Å². The molecule has 2 aromatic carbocycles.